The van der Waals surface area contributed by atoms with Crippen LogP contribution in [-0.4, -0.2) is 25.8 Å². The summed E-state index contributed by atoms with van der Waals surface area (Å²) in [5.74, 6) is 2.30. The molecule has 0 aliphatic carbocycles. The van der Waals surface area contributed by atoms with Crippen LogP contribution >= 0.6 is 0 Å². The third-order valence-electron chi connectivity index (χ3n) is 5.44. The van der Waals surface area contributed by atoms with Crippen LogP contribution in [0.5, 0.6) is 11.6 Å². The van der Waals surface area contributed by atoms with E-state index < -0.39 is 0 Å². The summed E-state index contributed by atoms with van der Waals surface area (Å²) < 4.78 is 6.16. The average Bonchev–Trinajstić information content (AvgIpc) is 2.86. The molecule has 7 nitrogen and oxygen atoms in total. The molecule has 0 aliphatic rings. The molecule has 0 aliphatic heterocycles. The normalized spacial score (nSPS) is 10.9. The van der Waals surface area contributed by atoms with E-state index in [4.69, 9.17) is 4.74 Å². The lowest BCUT2D eigenvalue weighted by Crippen LogP contribution is -2.12. The number of hydrogen-bond acceptors (Lipinski definition) is 6. The summed E-state index contributed by atoms with van der Waals surface area (Å²) in [6.07, 6.45) is 3.83. The van der Waals surface area contributed by atoms with E-state index in [1.54, 1.807) is 24.4 Å². The number of amides is 1. The number of rotatable bonds is 7. The standard InChI is InChI=1S/C27H27N5O2/c1-5-24-29-16-30-25(32-24)22-7-6-14-28-27(22)34-23-15-20(9-8-18(23)4)26(33)31-21-12-10-19(11-13-21)17(2)3/h6-17H,5H2,1-4H3,(H,31,33). The monoisotopic (exact) mass is 453 g/mol. The first-order chi connectivity index (χ1) is 16.4. The van der Waals surface area contributed by atoms with Crippen LogP contribution < -0.4 is 10.1 Å². The first-order valence-electron chi connectivity index (χ1n) is 11.3. The number of carbonyl (C=O) groups excluding carboxylic acids is 1. The van der Waals surface area contributed by atoms with Gasteiger partial charge in [0.2, 0.25) is 5.88 Å². The van der Waals surface area contributed by atoms with Crippen molar-refractivity contribution in [3.8, 4) is 23.0 Å². The zero-order valence-electron chi connectivity index (χ0n) is 19.7. The van der Waals surface area contributed by atoms with Crippen LogP contribution in [0, 0.1) is 6.92 Å². The molecule has 0 unspecified atom stereocenters. The summed E-state index contributed by atoms with van der Waals surface area (Å²) in [5, 5.41) is 2.95. The molecule has 172 valence electrons. The largest absolute Gasteiger partial charge is 0.438 e. The number of anilines is 1. The molecule has 2 aromatic carbocycles. The van der Waals surface area contributed by atoms with Crippen molar-refractivity contribution < 1.29 is 9.53 Å². The van der Waals surface area contributed by atoms with Crippen LogP contribution in [0.3, 0.4) is 0 Å². The van der Waals surface area contributed by atoms with E-state index in [0.717, 1.165) is 11.3 Å². The first-order valence-corrected chi connectivity index (χ1v) is 11.3. The Kier molecular flexibility index (Phi) is 6.92. The summed E-state index contributed by atoms with van der Waals surface area (Å²) in [6.45, 7) is 8.18. The minimum absolute atomic E-state index is 0.214. The van der Waals surface area contributed by atoms with Crippen LogP contribution in [-0.2, 0) is 6.42 Å². The first kappa shape index (κ1) is 23.0. The van der Waals surface area contributed by atoms with E-state index in [9.17, 15) is 4.79 Å². The van der Waals surface area contributed by atoms with Crippen molar-refractivity contribution in [2.24, 2.45) is 0 Å². The summed E-state index contributed by atoms with van der Waals surface area (Å²) in [7, 11) is 0. The van der Waals surface area contributed by atoms with Crippen molar-refractivity contribution in [1.29, 1.82) is 0 Å². The predicted octanol–water partition coefficient (Wildman–Crippen LogP) is 5.97. The zero-order valence-corrected chi connectivity index (χ0v) is 19.7. The molecule has 0 bridgehead atoms. The van der Waals surface area contributed by atoms with Gasteiger partial charge in [0.1, 0.15) is 17.9 Å². The fourth-order valence-corrected chi connectivity index (χ4v) is 3.38. The minimum Gasteiger partial charge on any atom is -0.438 e. The van der Waals surface area contributed by atoms with Gasteiger partial charge in [0.15, 0.2) is 5.82 Å². The molecule has 0 atom stereocenters. The van der Waals surface area contributed by atoms with Gasteiger partial charge in [-0.3, -0.25) is 4.79 Å². The lowest BCUT2D eigenvalue weighted by Gasteiger charge is -2.13. The molecular weight excluding hydrogens is 426 g/mol. The third-order valence-corrected chi connectivity index (χ3v) is 5.44. The number of pyridine rings is 1. The maximum atomic E-state index is 12.9. The second kappa shape index (κ2) is 10.2. The topological polar surface area (TPSA) is 89.9 Å². The second-order valence-corrected chi connectivity index (χ2v) is 8.25. The van der Waals surface area contributed by atoms with E-state index >= 15 is 0 Å². The van der Waals surface area contributed by atoms with E-state index in [1.165, 1.54) is 11.9 Å². The van der Waals surface area contributed by atoms with Gasteiger partial charge in [0.25, 0.3) is 5.91 Å². The average molecular weight is 454 g/mol. The summed E-state index contributed by atoms with van der Waals surface area (Å²) >= 11 is 0. The van der Waals surface area contributed by atoms with Gasteiger partial charge in [-0.25, -0.2) is 19.9 Å². The Bertz CT molecular complexity index is 1300. The lowest BCUT2D eigenvalue weighted by molar-refractivity contribution is 0.102. The highest BCUT2D eigenvalue weighted by Gasteiger charge is 2.15. The highest BCUT2D eigenvalue weighted by Crippen LogP contribution is 2.31. The molecule has 1 N–H and O–H groups in total. The van der Waals surface area contributed by atoms with Crippen molar-refractivity contribution in [2.45, 2.75) is 40.0 Å². The van der Waals surface area contributed by atoms with Gasteiger partial charge in [-0.05, 0) is 60.4 Å². The number of ether oxygens (including phenoxy) is 1. The van der Waals surface area contributed by atoms with Crippen molar-refractivity contribution in [3.05, 3.63) is 89.6 Å². The van der Waals surface area contributed by atoms with E-state index in [2.05, 4.69) is 39.1 Å². The number of hydrogen-bond donors (Lipinski definition) is 1. The number of benzene rings is 2. The highest BCUT2D eigenvalue weighted by atomic mass is 16.5. The molecule has 2 heterocycles. The summed E-state index contributed by atoms with van der Waals surface area (Å²) in [5.41, 5.74) is 3.98. The zero-order chi connectivity index (χ0) is 24.1. The van der Waals surface area contributed by atoms with Crippen molar-refractivity contribution in [1.82, 2.24) is 19.9 Å². The Morgan fingerprint density at radius 1 is 1.03 bits per heavy atom. The van der Waals surface area contributed by atoms with Gasteiger partial charge < -0.3 is 10.1 Å². The van der Waals surface area contributed by atoms with Gasteiger partial charge in [-0.2, -0.15) is 0 Å². The van der Waals surface area contributed by atoms with E-state index in [-0.39, 0.29) is 5.91 Å². The number of nitrogens with one attached hydrogen (secondary N) is 1. The molecule has 0 radical (unpaired) electrons. The maximum Gasteiger partial charge on any atom is 0.255 e. The van der Waals surface area contributed by atoms with Crippen LogP contribution in [0.15, 0.2) is 67.1 Å². The summed E-state index contributed by atoms with van der Waals surface area (Å²) in [6, 6.07) is 16.9. The van der Waals surface area contributed by atoms with Crippen molar-refractivity contribution >= 4 is 11.6 Å². The van der Waals surface area contributed by atoms with Gasteiger partial charge in [-0.1, -0.05) is 39.0 Å². The highest BCUT2D eigenvalue weighted by molar-refractivity contribution is 6.04. The molecular formula is C27H27N5O2. The van der Waals surface area contributed by atoms with Crippen LogP contribution in [0.1, 0.15) is 54.0 Å². The molecule has 34 heavy (non-hydrogen) atoms. The van der Waals surface area contributed by atoms with E-state index in [1.807, 2.05) is 50.2 Å². The Labute approximate surface area is 199 Å². The maximum absolute atomic E-state index is 12.9. The molecule has 0 saturated heterocycles. The number of aromatic nitrogens is 4. The Morgan fingerprint density at radius 3 is 2.56 bits per heavy atom. The molecule has 4 aromatic rings. The van der Waals surface area contributed by atoms with Crippen molar-refractivity contribution in [3.63, 3.8) is 0 Å². The Morgan fingerprint density at radius 2 is 1.82 bits per heavy atom. The Hall–Kier alpha value is -4.13. The van der Waals surface area contributed by atoms with Crippen LogP contribution in [0.2, 0.25) is 0 Å². The SMILES string of the molecule is CCc1ncnc(-c2cccnc2Oc2cc(C(=O)Nc3ccc(C(C)C)cc3)ccc2C)n1. The predicted molar refractivity (Wildman–Crippen MR) is 132 cm³/mol. The molecule has 7 heteroatoms. The molecule has 4 rings (SSSR count). The lowest BCUT2D eigenvalue weighted by atomic mass is 10.0. The van der Waals surface area contributed by atoms with Gasteiger partial charge in [-0.15, -0.1) is 0 Å². The fourth-order valence-electron chi connectivity index (χ4n) is 3.38. The van der Waals surface area contributed by atoms with Crippen molar-refractivity contribution in [2.75, 3.05) is 5.32 Å². The number of nitrogens with zero attached hydrogens (tertiary/aromatic N) is 4. The molecule has 0 saturated carbocycles. The number of carbonyl (C=O) groups is 1. The van der Waals surface area contributed by atoms with Gasteiger partial charge in [0, 0.05) is 23.9 Å². The Balaban J connectivity index is 1.58. The quantitative estimate of drug-likeness (QED) is 0.371. The minimum atomic E-state index is -0.214. The van der Waals surface area contributed by atoms with Gasteiger partial charge in [0.05, 0.1) is 5.56 Å². The fraction of sp³-hybridized carbons (Fsp3) is 0.222. The van der Waals surface area contributed by atoms with Crippen LogP contribution in [0.4, 0.5) is 5.69 Å². The van der Waals surface area contributed by atoms with E-state index in [0.29, 0.717) is 46.7 Å². The second-order valence-electron chi connectivity index (χ2n) is 8.25. The molecule has 2 aromatic heterocycles. The molecule has 0 spiro atoms. The molecule has 0 fully saturated rings. The third kappa shape index (κ3) is 5.26. The smallest absolute Gasteiger partial charge is 0.255 e. The number of aryl methyl sites for hydroxylation is 2. The summed E-state index contributed by atoms with van der Waals surface area (Å²) in [4.78, 5) is 30.2. The van der Waals surface area contributed by atoms with Crippen LogP contribution in [0.25, 0.3) is 11.4 Å². The molecule has 1 amide bonds. The van der Waals surface area contributed by atoms with Gasteiger partial charge >= 0.3 is 0 Å².